The SMILES string of the molecule is C=C/C(=C\C(=C/C)c1ccc2[nH]nc(-c3nc4c(-c5cccc(F)c5)cccc4[nH]3)c2n1)CN(C)C. The van der Waals surface area contributed by atoms with Gasteiger partial charge in [-0.2, -0.15) is 5.10 Å². The summed E-state index contributed by atoms with van der Waals surface area (Å²) in [6, 6.07) is 16.3. The van der Waals surface area contributed by atoms with Crippen molar-refractivity contribution in [2.45, 2.75) is 6.92 Å². The molecule has 3 heterocycles. The van der Waals surface area contributed by atoms with E-state index in [4.69, 9.17) is 9.97 Å². The summed E-state index contributed by atoms with van der Waals surface area (Å²) in [4.78, 5) is 15.3. The van der Waals surface area contributed by atoms with Gasteiger partial charge in [0.2, 0.25) is 0 Å². The third-order valence-electron chi connectivity index (χ3n) is 5.99. The number of nitrogens with zero attached hydrogens (tertiary/aromatic N) is 4. The zero-order chi connectivity index (χ0) is 25.2. The molecule has 6 nitrogen and oxygen atoms in total. The van der Waals surface area contributed by atoms with E-state index in [0.717, 1.165) is 56.6 Å². The number of allylic oxidation sites excluding steroid dienone is 3. The summed E-state index contributed by atoms with van der Waals surface area (Å²) in [6.07, 6.45) is 6.02. The van der Waals surface area contributed by atoms with Crippen LogP contribution in [0.2, 0.25) is 0 Å². The second-order valence-electron chi connectivity index (χ2n) is 8.87. The number of hydrogen-bond donors (Lipinski definition) is 2. The van der Waals surface area contributed by atoms with Gasteiger partial charge < -0.3 is 9.88 Å². The molecule has 5 aromatic rings. The molecule has 0 saturated heterocycles. The number of halogens is 1. The Bertz CT molecular complexity index is 1640. The number of pyridine rings is 1. The van der Waals surface area contributed by atoms with E-state index in [0.29, 0.717) is 11.5 Å². The molecule has 0 fully saturated rings. The number of hydrogen-bond acceptors (Lipinski definition) is 4. The van der Waals surface area contributed by atoms with E-state index in [-0.39, 0.29) is 5.82 Å². The Morgan fingerprint density at radius 1 is 1.03 bits per heavy atom. The highest BCUT2D eigenvalue weighted by Gasteiger charge is 2.17. The minimum absolute atomic E-state index is 0.283. The van der Waals surface area contributed by atoms with Crippen molar-refractivity contribution in [2.75, 3.05) is 20.6 Å². The topological polar surface area (TPSA) is 73.5 Å². The first-order valence-corrected chi connectivity index (χ1v) is 11.7. The fraction of sp³-hybridized carbons (Fsp3) is 0.138. The van der Waals surface area contributed by atoms with Gasteiger partial charge in [-0.1, -0.05) is 43.0 Å². The number of H-pyrrole nitrogens is 2. The molecule has 180 valence electrons. The van der Waals surface area contributed by atoms with Gasteiger partial charge in [-0.15, -0.1) is 0 Å². The van der Waals surface area contributed by atoms with Crippen LogP contribution in [0.15, 0.2) is 85.0 Å². The van der Waals surface area contributed by atoms with E-state index in [9.17, 15) is 4.39 Å². The largest absolute Gasteiger partial charge is 0.336 e. The Labute approximate surface area is 208 Å². The molecule has 0 bridgehead atoms. The maximum atomic E-state index is 13.9. The molecule has 5 rings (SSSR count). The lowest BCUT2D eigenvalue weighted by atomic mass is 10.0. The smallest absolute Gasteiger partial charge is 0.161 e. The van der Waals surface area contributed by atoms with Gasteiger partial charge in [-0.25, -0.2) is 14.4 Å². The summed E-state index contributed by atoms with van der Waals surface area (Å²) < 4.78 is 13.9. The third kappa shape index (κ3) is 4.48. The molecule has 0 atom stereocenters. The van der Waals surface area contributed by atoms with Crippen molar-refractivity contribution in [2.24, 2.45) is 0 Å². The molecule has 0 saturated carbocycles. The van der Waals surface area contributed by atoms with Crippen molar-refractivity contribution < 1.29 is 4.39 Å². The molecule has 7 heteroatoms. The highest BCUT2D eigenvalue weighted by Crippen LogP contribution is 2.32. The molecule has 36 heavy (non-hydrogen) atoms. The molecule has 0 aliphatic carbocycles. The minimum atomic E-state index is -0.283. The zero-order valence-electron chi connectivity index (χ0n) is 20.5. The highest BCUT2D eigenvalue weighted by atomic mass is 19.1. The minimum Gasteiger partial charge on any atom is -0.336 e. The van der Waals surface area contributed by atoms with Crippen LogP contribution in [0.25, 0.3) is 50.3 Å². The average Bonchev–Trinajstić information content (AvgIpc) is 3.49. The quantitative estimate of drug-likeness (QED) is 0.266. The van der Waals surface area contributed by atoms with Gasteiger partial charge in [-0.3, -0.25) is 5.10 Å². The molecule has 2 aromatic carbocycles. The molecule has 3 aromatic heterocycles. The van der Waals surface area contributed by atoms with Crippen LogP contribution in [0.1, 0.15) is 12.6 Å². The molecule has 0 amide bonds. The second kappa shape index (κ2) is 9.71. The summed E-state index contributed by atoms with van der Waals surface area (Å²) in [6.45, 7) is 6.74. The van der Waals surface area contributed by atoms with Crippen molar-refractivity contribution >= 4 is 27.6 Å². The number of para-hydroxylation sites is 1. The first kappa shape index (κ1) is 23.4. The number of benzene rings is 2. The lowest BCUT2D eigenvalue weighted by Crippen LogP contribution is -2.14. The normalized spacial score (nSPS) is 12.7. The van der Waals surface area contributed by atoms with Crippen molar-refractivity contribution in [1.82, 2.24) is 30.0 Å². The van der Waals surface area contributed by atoms with Crippen LogP contribution in [0.5, 0.6) is 0 Å². The monoisotopic (exact) mass is 478 g/mol. The fourth-order valence-corrected chi connectivity index (χ4v) is 4.30. The van der Waals surface area contributed by atoms with Crippen LogP contribution in [-0.2, 0) is 0 Å². The zero-order valence-corrected chi connectivity index (χ0v) is 20.5. The van der Waals surface area contributed by atoms with E-state index >= 15 is 0 Å². The number of rotatable bonds is 7. The van der Waals surface area contributed by atoms with E-state index < -0.39 is 0 Å². The number of likely N-dealkylation sites (N-methyl/N-ethyl adjacent to an activating group) is 1. The van der Waals surface area contributed by atoms with E-state index in [1.807, 2.05) is 69.6 Å². The summed E-state index contributed by atoms with van der Waals surface area (Å²) in [5, 5.41) is 7.59. The van der Waals surface area contributed by atoms with Crippen LogP contribution in [-0.4, -0.2) is 50.7 Å². The molecule has 0 spiro atoms. The molecular formula is C29H27FN6. The number of aromatic nitrogens is 5. The number of aromatic amines is 2. The fourth-order valence-electron chi connectivity index (χ4n) is 4.30. The molecule has 0 aliphatic rings. The summed E-state index contributed by atoms with van der Waals surface area (Å²) in [7, 11) is 4.06. The maximum Gasteiger partial charge on any atom is 0.161 e. The van der Waals surface area contributed by atoms with E-state index in [1.165, 1.54) is 12.1 Å². The molecule has 0 aliphatic heterocycles. The summed E-state index contributed by atoms with van der Waals surface area (Å²) in [5.74, 6) is 0.316. The van der Waals surface area contributed by atoms with Gasteiger partial charge in [0.05, 0.1) is 22.2 Å². The van der Waals surface area contributed by atoms with Crippen molar-refractivity contribution in [3.8, 4) is 22.6 Å². The van der Waals surface area contributed by atoms with Crippen molar-refractivity contribution in [3.05, 3.63) is 96.5 Å². The third-order valence-corrected chi connectivity index (χ3v) is 5.99. The van der Waals surface area contributed by atoms with Crippen LogP contribution in [0.4, 0.5) is 4.39 Å². The van der Waals surface area contributed by atoms with Crippen LogP contribution in [0, 0.1) is 5.82 Å². The average molecular weight is 479 g/mol. The standard InChI is InChI=1S/C29H27FN6/c1-5-18(17-36(3)4)15-19(6-2)23-13-14-25-27(31-23)28(35-34-25)29-32-24-12-8-11-22(26(24)33-29)20-9-7-10-21(30)16-20/h5-16H,1,17H2,2-4H3,(H,32,33)(H,34,35)/b18-15+,19-6+. The number of imidazole rings is 1. The van der Waals surface area contributed by atoms with Crippen LogP contribution < -0.4 is 0 Å². The number of fused-ring (bicyclic) bond motifs is 2. The predicted octanol–water partition coefficient (Wildman–Crippen LogP) is 6.38. The van der Waals surface area contributed by atoms with E-state index in [2.05, 4.69) is 32.7 Å². The van der Waals surface area contributed by atoms with Gasteiger partial charge in [0, 0.05) is 12.1 Å². The summed E-state index contributed by atoms with van der Waals surface area (Å²) >= 11 is 0. The Balaban J connectivity index is 1.59. The first-order valence-electron chi connectivity index (χ1n) is 11.7. The Kier molecular flexibility index (Phi) is 6.31. The van der Waals surface area contributed by atoms with Gasteiger partial charge in [-0.05, 0) is 74.1 Å². The maximum absolute atomic E-state index is 13.9. The van der Waals surface area contributed by atoms with Crippen molar-refractivity contribution in [1.29, 1.82) is 0 Å². The first-order chi connectivity index (χ1) is 17.5. The molecule has 0 radical (unpaired) electrons. The Hall–Kier alpha value is -4.36. The van der Waals surface area contributed by atoms with Gasteiger partial charge in [0.15, 0.2) is 11.5 Å². The van der Waals surface area contributed by atoms with Crippen LogP contribution >= 0.6 is 0 Å². The lowest BCUT2D eigenvalue weighted by molar-refractivity contribution is 0.449. The lowest BCUT2D eigenvalue weighted by Gasteiger charge is -2.11. The van der Waals surface area contributed by atoms with E-state index in [1.54, 1.807) is 6.07 Å². The predicted molar refractivity (Wildman–Crippen MR) is 145 cm³/mol. The Morgan fingerprint density at radius 2 is 1.86 bits per heavy atom. The second-order valence-corrected chi connectivity index (χ2v) is 8.87. The van der Waals surface area contributed by atoms with Gasteiger partial charge in [0.1, 0.15) is 11.3 Å². The van der Waals surface area contributed by atoms with Crippen molar-refractivity contribution in [3.63, 3.8) is 0 Å². The molecule has 2 N–H and O–H groups in total. The number of nitrogens with one attached hydrogen (secondary N) is 2. The van der Waals surface area contributed by atoms with Gasteiger partial charge in [0.25, 0.3) is 0 Å². The van der Waals surface area contributed by atoms with Gasteiger partial charge >= 0.3 is 0 Å². The molecule has 0 unspecified atom stereocenters. The van der Waals surface area contributed by atoms with Crippen LogP contribution in [0.3, 0.4) is 0 Å². The highest BCUT2D eigenvalue weighted by molar-refractivity contribution is 5.96. The summed E-state index contributed by atoms with van der Waals surface area (Å²) in [5.41, 5.74) is 8.32. The Morgan fingerprint density at radius 3 is 2.61 bits per heavy atom. The molecular weight excluding hydrogens is 451 g/mol.